The maximum Gasteiger partial charge on any atom is 0.256 e. The first-order valence-corrected chi connectivity index (χ1v) is 11.1. The molecule has 0 spiro atoms. The second-order valence-electron chi connectivity index (χ2n) is 7.44. The van der Waals surface area contributed by atoms with E-state index in [9.17, 15) is 13.2 Å². The molecule has 1 aliphatic heterocycles. The monoisotopic (exact) mass is 409 g/mol. The van der Waals surface area contributed by atoms with Crippen LogP contribution in [0.5, 0.6) is 0 Å². The number of aromatic nitrogens is 1. The Balaban J connectivity index is 1.51. The van der Waals surface area contributed by atoms with Crippen LogP contribution in [0.15, 0.2) is 65.7 Å². The van der Waals surface area contributed by atoms with Gasteiger partial charge in [-0.1, -0.05) is 19.1 Å². The largest absolute Gasteiger partial charge is 0.322 e. The molecule has 2 aromatic carbocycles. The number of hydrogen-bond donors (Lipinski definition) is 1. The van der Waals surface area contributed by atoms with Gasteiger partial charge >= 0.3 is 0 Å². The Morgan fingerprint density at radius 1 is 1.03 bits per heavy atom. The SMILES string of the molecule is CC1CCN(S(=O)(=O)c2ccc(NC(=O)c3cccc4ncccc34)cc2)CC1. The Labute approximate surface area is 170 Å². The molecule has 150 valence electrons. The van der Waals surface area contributed by atoms with Crippen LogP contribution in [-0.4, -0.2) is 36.7 Å². The molecule has 0 atom stereocenters. The number of benzene rings is 2. The van der Waals surface area contributed by atoms with Crippen molar-refractivity contribution in [2.75, 3.05) is 18.4 Å². The third kappa shape index (κ3) is 4.02. The summed E-state index contributed by atoms with van der Waals surface area (Å²) >= 11 is 0. The maximum absolute atomic E-state index is 12.8. The minimum absolute atomic E-state index is 0.249. The highest BCUT2D eigenvalue weighted by molar-refractivity contribution is 7.89. The third-order valence-corrected chi connectivity index (χ3v) is 7.30. The number of nitrogens with one attached hydrogen (secondary N) is 1. The summed E-state index contributed by atoms with van der Waals surface area (Å²) in [6, 6.07) is 15.4. The van der Waals surface area contributed by atoms with E-state index in [1.807, 2.05) is 12.1 Å². The van der Waals surface area contributed by atoms with Crippen LogP contribution >= 0.6 is 0 Å². The second-order valence-corrected chi connectivity index (χ2v) is 9.38. The van der Waals surface area contributed by atoms with Gasteiger partial charge < -0.3 is 5.32 Å². The fourth-order valence-electron chi connectivity index (χ4n) is 3.58. The van der Waals surface area contributed by atoms with Gasteiger partial charge in [0.15, 0.2) is 0 Å². The molecule has 29 heavy (non-hydrogen) atoms. The summed E-state index contributed by atoms with van der Waals surface area (Å²) in [7, 11) is -3.50. The zero-order valence-corrected chi connectivity index (χ0v) is 17.0. The number of rotatable bonds is 4. The van der Waals surface area contributed by atoms with E-state index in [-0.39, 0.29) is 10.8 Å². The molecule has 6 nitrogen and oxygen atoms in total. The van der Waals surface area contributed by atoms with Crippen molar-refractivity contribution in [3.63, 3.8) is 0 Å². The summed E-state index contributed by atoms with van der Waals surface area (Å²) in [5.74, 6) is 0.299. The zero-order chi connectivity index (χ0) is 20.4. The molecule has 1 N–H and O–H groups in total. The molecule has 1 fully saturated rings. The van der Waals surface area contributed by atoms with Crippen LogP contribution in [0.3, 0.4) is 0 Å². The highest BCUT2D eigenvalue weighted by Gasteiger charge is 2.27. The lowest BCUT2D eigenvalue weighted by Crippen LogP contribution is -2.37. The van der Waals surface area contributed by atoms with Gasteiger partial charge in [0.05, 0.1) is 10.4 Å². The number of carbonyl (C=O) groups excluding carboxylic acids is 1. The fraction of sp³-hybridized carbons (Fsp3) is 0.273. The molecule has 1 amide bonds. The van der Waals surface area contributed by atoms with Crippen LogP contribution in [0, 0.1) is 5.92 Å². The van der Waals surface area contributed by atoms with Crippen molar-refractivity contribution in [1.82, 2.24) is 9.29 Å². The van der Waals surface area contributed by atoms with Gasteiger partial charge in [-0.05, 0) is 61.2 Å². The number of sulfonamides is 1. The lowest BCUT2D eigenvalue weighted by Gasteiger charge is -2.29. The van der Waals surface area contributed by atoms with Crippen LogP contribution in [0.25, 0.3) is 10.9 Å². The normalized spacial score (nSPS) is 16.0. The van der Waals surface area contributed by atoms with Crippen LogP contribution in [0.1, 0.15) is 30.1 Å². The number of pyridine rings is 1. The van der Waals surface area contributed by atoms with E-state index in [4.69, 9.17) is 0 Å². The minimum Gasteiger partial charge on any atom is -0.322 e. The number of nitrogens with zero attached hydrogens (tertiary/aromatic N) is 2. The van der Waals surface area contributed by atoms with Crippen LogP contribution in [0.2, 0.25) is 0 Å². The first kappa shape index (κ1) is 19.5. The van der Waals surface area contributed by atoms with Crippen LogP contribution in [0.4, 0.5) is 5.69 Å². The van der Waals surface area contributed by atoms with E-state index in [0.29, 0.717) is 30.3 Å². The van der Waals surface area contributed by atoms with Crippen LogP contribution < -0.4 is 5.32 Å². The summed E-state index contributed by atoms with van der Waals surface area (Å²) in [6.07, 6.45) is 3.45. The topological polar surface area (TPSA) is 79.4 Å². The molecule has 0 unspecified atom stereocenters. The van der Waals surface area contributed by atoms with Gasteiger partial charge in [0.2, 0.25) is 10.0 Å². The predicted octanol–water partition coefficient (Wildman–Crippen LogP) is 3.91. The molecule has 1 aromatic heterocycles. The average Bonchev–Trinajstić information content (AvgIpc) is 2.74. The molecule has 2 heterocycles. The number of hydrogen-bond acceptors (Lipinski definition) is 4. The zero-order valence-electron chi connectivity index (χ0n) is 16.2. The number of anilines is 1. The lowest BCUT2D eigenvalue weighted by molar-refractivity contribution is 0.102. The molecule has 1 aliphatic rings. The van der Waals surface area contributed by atoms with Crippen molar-refractivity contribution in [3.05, 3.63) is 66.4 Å². The third-order valence-electron chi connectivity index (χ3n) is 5.38. The van der Waals surface area contributed by atoms with Gasteiger partial charge in [-0.2, -0.15) is 4.31 Å². The van der Waals surface area contributed by atoms with Crippen molar-refractivity contribution in [3.8, 4) is 0 Å². The first-order chi connectivity index (χ1) is 13.9. The van der Waals surface area contributed by atoms with E-state index in [1.54, 1.807) is 53.0 Å². The van der Waals surface area contributed by atoms with E-state index < -0.39 is 10.0 Å². The van der Waals surface area contributed by atoms with Gasteiger partial charge in [0.1, 0.15) is 0 Å². The predicted molar refractivity (Wildman–Crippen MR) is 113 cm³/mol. The Hall–Kier alpha value is -2.77. The second kappa shape index (κ2) is 7.93. The summed E-state index contributed by atoms with van der Waals surface area (Å²) < 4.78 is 27.2. The molecule has 0 radical (unpaired) electrons. The summed E-state index contributed by atoms with van der Waals surface area (Å²) in [4.78, 5) is 17.2. The molecule has 4 rings (SSSR count). The number of amides is 1. The fourth-order valence-corrected chi connectivity index (χ4v) is 5.05. The van der Waals surface area contributed by atoms with Crippen molar-refractivity contribution in [2.24, 2.45) is 5.92 Å². The Bertz CT molecular complexity index is 1130. The Kier molecular flexibility index (Phi) is 5.34. The Morgan fingerprint density at radius 2 is 1.76 bits per heavy atom. The van der Waals surface area contributed by atoms with Gasteiger partial charge in [0, 0.05) is 35.9 Å². The number of carbonyl (C=O) groups is 1. The molecule has 3 aromatic rings. The van der Waals surface area contributed by atoms with E-state index in [0.717, 1.165) is 23.7 Å². The van der Waals surface area contributed by atoms with Gasteiger partial charge in [-0.25, -0.2) is 8.42 Å². The van der Waals surface area contributed by atoms with Crippen molar-refractivity contribution < 1.29 is 13.2 Å². The molecule has 7 heteroatoms. The molecular formula is C22H23N3O3S. The summed E-state index contributed by atoms with van der Waals surface area (Å²) in [5, 5.41) is 3.61. The van der Waals surface area contributed by atoms with Gasteiger partial charge in [-0.3, -0.25) is 9.78 Å². The molecule has 1 saturated heterocycles. The van der Waals surface area contributed by atoms with Crippen molar-refractivity contribution in [1.29, 1.82) is 0 Å². The number of fused-ring (bicyclic) bond motifs is 1. The minimum atomic E-state index is -3.50. The average molecular weight is 410 g/mol. The van der Waals surface area contributed by atoms with Crippen LogP contribution in [-0.2, 0) is 10.0 Å². The quantitative estimate of drug-likeness (QED) is 0.709. The summed E-state index contributed by atoms with van der Waals surface area (Å²) in [5.41, 5.74) is 1.81. The highest BCUT2D eigenvalue weighted by atomic mass is 32.2. The highest BCUT2D eigenvalue weighted by Crippen LogP contribution is 2.25. The molecular weight excluding hydrogens is 386 g/mol. The molecule has 0 saturated carbocycles. The molecule has 0 bridgehead atoms. The van der Waals surface area contributed by atoms with Gasteiger partial charge in [0.25, 0.3) is 5.91 Å². The van der Waals surface area contributed by atoms with E-state index in [2.05, 4.69) is 17.2 Å². The van der Waals surface area contributed by atoms with E-state index in [1.165, 1.54) is 0 Å². The first-order valence-electron chi connectivity index (χ1n) is 9.70. The van der Waals surface area contributed by atoms with Crippen molar-refractivity contribution in [2.45, 2.75) is 24.7 Å². The molecule has 0 aliphatic carbocycles. The van der Waals surface area contributed by atoms with Crippen molar-refractivity contribution >= 4 is 32.5 Å². The number of piperidine rings is 1. The lowest BCUT2D eigenvalue weighted by atomic mass is 10.0. The summed E-state index contributed by atoms with van der Waals surface area (Å²) in [6.45, 7) is 3.25. The Morgan fingerprint density at radius 3 is 2.48 bits per heavy atom. The smallest absolute Gasteiger partial charge is 0.256 e. The van der Waals surface area contributed by atoms with E-state index >= 15 is 0 Å². The van der Waals surface area contributed by atoms with Gasteiger partial charge in [-0.15, -0.1) is 0 Å². The standard InChI is InChI=1S/C22H23N3O3S/c1-16-11-14-25(15-12-16)29(27,28)18-9-7-17(8-10-18)24-22(26)20-4-2-6-21-19(20)5-3-13-23-21/h2-10,13,16H,11-12,14-15H2,1H3,(H,24,26). The maximum atomic E-state index is 12.8.